The maximum atomic E-state index is 6.08. The van der Waals surface area contributed by atoms with Crippen LogP contribution >= 0.6 is 11.3 Å². The van der Waals surface area contributed by atoms with Gasteiger partial charge in [-0.15, -0.1) is 0 Å². The van der Waals surface area contributed by atoms with E-state index in [1.807, 2.05) is 36.4 Å². The van der Waals surface area contributed by atoms with Gasteiger partial charge in [-0.2, -0.15) is 0 Å². The molecule has 2 heterocycles. The summed E-state index contributed by atoms with van der Waals surface area (Å²) in [6.07, 6.45) is 1.72. The van der Waals surface area contributed by atoms with Crippen molar-refractivity contribution in [2.24, 2.45) is 0 Å². The summed E-state index contributed by atoms with van der Waals surface area (Å²) >= 11 is 1.48. The van der Waals surface area contributed by atoms with Crippen LogP contribution in [0.15, 0.2) is 48.7 Å². The molecule has 0 aliphatic heterocycles. The fraction of sp³-hybridized carbons (Fsp3) is 0.0667. The van der Waals surface area contributed by atoms with Crippen molar-refractivity contribution in [3.8, 4) is 27.7 Å². The monoisotopic (exact) mass is 283 g/mol. The molecule has 5 heteroatoms. The van der Waals surface area contributed by atoms with Gasteiger partial charge < -0.3 is 10.5 Å². The normalized spacial score (nSPS) is 10.4. The minimum absolute atomic E-state index is 0.575. The van der Waals surface area contributed by atoms with Gasteiger partial charge in [0.05, 0.1) is 7.11 Å². The van der Waals surface area contributed by atoms with Crippen molar-refractivity contribution in [3.63, 3.8) is 0 Å². The summed E-state index contributed by atoms with van der Waals surface area (Å²) in [5.41, 5.74) is 8.80. The average Bonchev–Trinajstić information content (AvgIpc) is 2.90. The first-order valence-electron chi connectivity index (χ1n) is 6.10. The molecular weight excluding hydrogens is 270 g/mol. The summed E-state index contributed by atoms with van der Waals surface area (Å²) in [5, 5.41) is 1.60. The number of hydrogen-bond donors (Lipinski definition) is 1. The molecule has 2 aromatic heterocycles. The van der Waals surface area contributed by atoms with E-state index >= 15 is 0 Å². The number of nitrogen functional groups attached to an aromatic ring is 1. The van der Waals surface area contributed by atoms with Crippen molar-refractivity contribution in [3.05, 3.63) is 48.7 Å². The van der Waals surface area contributed by atoms with E-state index in [-0.39, 0.29) is 0 Å². The molecule has 0 saturated carbocycles. The number of nitrogens with two attached hydrogens (primary N) is 1. The van der Waals surface area contributed by atoms with Crippen LogP contribution in [0, 0.1) is 0 Å². The minimum atomic E-state index is 0.575. The Bertz CT molecular complexity index is 708. The average molecular weight is 283 g/mol. The summed E-state index contributed by atoms with van der Waals surface area (Å²) in [6.45, 7) is 0. The van der Waals surface area contributed by atoms with Crippen molar-refractivity contribution < 1.29 is 4.74 Å². The lowest BCUT2D eigenvalue weighted by Gasteiger charge is -2.00. The molecule has 0 bridgehead atoms. The number of thiazole rings is 1. The molecule has 2 N–H and O–H groups in total. The van der Waals surface area contributed by atoms with Gasteiger partial charge in [0.25, 0.3) is 0 Å². The van der Waals surface area contributed by atoms with Gasteiger partial charge >= 0.3 is 0 Å². The summed E-state index contributed by atoms with van der Waals surface area (Å²) in [5.74, 6) is 0.575. The molecule has 0 amide bonds. The number of methoxy groups -OCH3 is 1. The maximum absolute atomic E-state index is 6.08. The van der Waals surface area contributed by atoms with Gasteiger partial charge in [-0.05, 0) is 6.07 Å². The summed E-state index contributed by atoms with van der Waals surface area (Å²) in [4.78, 5) is 8.80. The Morgan fingerprint density at radius 2 is 1.85 bits per heavy atom. The summed E-state index contributed by atoms with van der Waals surface area (Å²) in [7, 11) is 1.59. The highest BCUT2D eigenvalue weighted by Crippen LogP contribution is 2.35. The molecule has 20 heavy (non-hydrogen) atoms. The van der Waals surface area contributed by atoms with Crippen molar-refractivity contribution >= 4 is 16.3 Å². The fourth-order valence-corrected chi connectivity index (χ4v) is 2.74. The Morgan fingerprint density at radius 1 is 1.05 bits per heavy atom. The number of aromatic nitrogens is 2. The molecule has 0 atom stereocenters. The first kappa shape index (κ1) is 12.6. The van der Waals surface area contributed by atoms with Crippen LogP contribution in [-0.4, -0.2) is 17.1 Å². The van der Waals surface area contributed by atoms with E-state index in [4.69, 9.17) is 10.5 Å². The predicted molar refractivity (Wildman–Crippen MR) is 81.7 cm³/mol. The number of nitrogens with zero attached hydrogens (tertiary/aromatic N) is 2. The molecule has 4 nitrogen and oxygen atoms in total. The van der Waals surface area contributed by atoms with Gasteiger partial charge in [0.1, 0.15) is 15.7 Å². The van der Waals surface area contributed by atoms with E-state index in [1.165, 1.54) is 11.3 Å². The lowest BCUT2D eigenvalue weighted by atomic mass is 10.2. The Labute approximate surface area is 120 Å². The quantitative estimate of drug-likeness (QED) is 0.799. The van der Waals surface area contributed by atoms with Crippen LogP contribution in [0.3, 0.4) is 0 Å². The van der Waals surface area contributed by atoms with Crippen molar-refractivity contribution in [2.45, 2.75) is 0 Å². The van der Waals surface area contributed by atoms with Gasteiger partial charge in [0, 0.05) is 23.4 Å². The molecule has 3 aromatic rings. The Balaban J connectivity index is 2.00. The molecule has 0 radical (unpaired) electrons. The molecular formula is C15H13N3OS. The van der Waals surface area contributed by atoms with Crippen LogP contribution in [0.4, 0.5) is 5.00 Å². The van der Waals surface area contributed by atoms with Gasteiger partial charge in [-0.25, -0.2) is 9.97 Å². The van der Waals surface area contributed by atoms with Gasteiger partial charge in [0.2, 0.25) is 5.88 Å². The predicted octanol–water partition coefficient (Wildman–Crippen LogP) is 3.46. The molecule has 0 aliphatic carbocycles. The lowest BCUT2D eigenvalue weighted by Crippen LogP contribution is -1.89. The lowest BCUT2D eigenvalue weighted by molar-refractivity contribution is 0.398. The highest BCUT2D eigenvalue weighted by molar-refractivity contribution is 7.19. The van der Waals surface area contributed by atoms with Gasteiger partial charge in [-0.3, -0.25) is 0 Å². The zero-order valence-corrected chi connectivity index (χ0v) is 11.7. The third-order valence-corrected chi connectivity index (χ3v) is 3.83. The molecule has 100 valence electrons. The molecule has 1 aromatic carbocycles. The molecule has 0 unspecified atom stereocenters. The summed E-state index contributed by atoms with van der Waals surface area (Å²) in [6, 6.07) is 13.7. The maximum Gasteiger partial charge on any atom is 0.212 e. The van der Waals surface area contributed by atoms with Crippen LogP contribution in [0.1, 0.15) is 0 Å². The topological polar surface area (TPSA) is 61.0 Å². The molecule has 3 rings (SSSR count). The van der Waals surface area contributed by atoms with E-state index in [0.29, 0.717) is 10.9 Å². The molecule has 0 aliphatic rings. The number of ether oxygens (including phenoxy) is 1. The van der Waals surface area contributed by atoms with Crippen LogP contribution in [-0.2, 0) is 0 Å². The van der Waals surface area contributed by atoms with E-state index < -0.39 is 0 Å². The smallest absolute Gasteiger partial charge is 0.212 e. The molecule has 0 saturated heterocycles. The van der Waals surface area contributed by atoms with Crippen molar-refractivity contribution in [1.82, 2.24) is 9.97 Å². The van der Waals surface area contributed by atoms with E-state index in [0.717, 1.165) is 21.8 Å². The third kappa shape index (κ3) is 2.35. The van der Waals surface area contributed by atoms with E-state index in [9.17, 15) is 0 Å². The highest BCUT2D eigenvalue weighted by Gasteiger charge is 2.12. The Morgan fingerprint density at radius 3 is 2.50 bits per heavy atom. The molecule has 0 fully saturated rings. The number of anilines is 1. The fourth-order valence-electron chi connectivity index (χ4n) is 1.88. The van der Waals surface area contributed by atoms with Gasteiger partial charge in [-0.1, -0.05) is 41.7 Å². The van der Waals surface area contributed by atoms with Crippen molar-refractivity contribution in [1.29, 1.82) is 0 Å². The first-order chi connectivity index (χ1) is 9.78. The Hall–Kier alpha value is -2.40. The molecule has 0 spiro atoms. The zero-order chi connectivity index (χ0) is 13.9. The van der Waals surface area contributed by atoms with Crippen LogP contribution in [0.5, 0.6) is 5.88 Å². The van der Waals surface area contributed by atoms with E-state index in [1.54, 1.807) is 19.4 Å². The standard InChI is InChI=1S/C15H13N3OS/c1-19-12-8-7-11(9-17-12)13-14(16)20-15(18-13)10-5-3-2-4-6-10/h2-9H,16H2,1H3. The second kappa shape index (κ2) is 5.30. The SMILES string of the molecule is COc1ccc(-c2nc(-c3ccccc3)sc2N)cn1. The largest absolute Gasteiger partial charge is 0.481 e. The van der Waals surface area contributed by atoms with Gasteiger partial charge in [0.15, 0.2) is 0 Å². The van der Waals surface area contributed by atoms with Crippen LogP contribution in [0.25, 0.3) is 21.8 Å². The highest BCUT2D eigenvalue weighted by atomic mass is 32.1. The number of rotatable bonds is 3. The first-order valence-corrected chi connectivity index (χ1v) is 6.91. The van der Waals surface area contributed by atoms with Crippen LogP contribution < -0.4 is 10.5 Å². The minimum Gasteiger partial charge on any atom is -0.481 e. The second-order valence-corrected chi connectivity index (χ2v) is 5.22. The summed E-state index contributed by atoms with van der Waals surface area (Å²) < 4.78 is 5.05. The zero-order valence-electron chi connectivity index (χ0n) is 10.9. The van der Waals surface area contributed by atoms with Crippen LogP contribution in [0.2, 0.25) is 0 Å². The number of pyridine rings is 1. The van der Waals surface area contributed by atoms with E-state index in [2.05, 4.69) is 9.97 Å². The second-order valence-electron chi connectivity index (χ2n) is 4.19. The number of hydrogen-bond acceptors (Lipinski definition) is 5. The van der Waals surface area contributed by atoms with Crippen molar-refractivity contribution in [2.75, 3.05) is 12.8 Å². The third-order valence-electron chi connectivity index (χ3n) is 2.89. The Kier molecular flexibility index (Phi) is 3.35. The number of benzene rings is 1.